The monoisotopic (exact) mass is 273 g/mol. The van der Waals surface area contributed by atoms with Crippen LogP contribution in [0.1, 0.15) is 39.5 Å². The van der Waals surface area contributed by atoms with E-state index in [4.69, 9.17) is 23.2 Å². The number of aromatic nitrogens is 2. The van der Waals surface area contributed by atoms with Gasteiger partial charge in [-0.1, -0.05) is 49.9 Å². The summed E-state index contributed by atoms with van der Waals surface area (Å²) in [7, 11) is 0. The second-order valence-electron chi connectivity index (χ2n) is 5.30. The summed E-state index contributed by atoms with van der Waals surface area (Å²) >= 11 is 11.8. The van der Waals surface area contributed by atoms with Crippen LogP contribution < -0.4 is 5.32 Å². The first-order chi connectivity index (χ1) is 7.99. The summed E-state index contributed by atoms with van der Waals surface area (Å²) in [4.78, 5) is 0. The van der Waals surface area contributed by atoms with Gasteiger partial charge < -0.3 is 5.32 Å². The van der Waals surface area contributed by atoms with Crippen LogP contribution in [0.3, 0.4) is 0 Å². The van der Waals surface area contributed by atoms with E-state index in [1.54, 1.807) is 6.07 Å². The molecule has 17 heavy (non-hydrogen) atoms. The molecule has 1 aliphatic rings. The molecule has 1 fully saturated rings. The summed E-state index contributed by atoms with van der Waals surface area (Å²) in [6.45, 7) is 4.57. The molecule has 1 saturated carbocycles. The first-order valence-corrected chi connectivity index (χ1v) is 6.70. The molecule has 1 heterocycles. The molecule has 0 aromatic carbocycles. The fourth-order valence-corrected chi connectivity index (χ4v) is 2.70. The minimum atomic E-state index is 0.275. The smallest absolute Gasteiger partial charge is 0.174 e. The maximum absolute atomic E-state index is 6.01. The van der Waals surface area contributed by atoms with Crippen molar-refractivity contribution in [1.82, 2.24) is 10.2 Å². The second-order valence-corrected chi connectivity index (χ2v) is 6.05. The van der Waals surface area contributed by atoms with Gasteiger partial charge in [0, 0.05) is 12.1 Å². The summed E-state index contributed by atoms with van der Waals surface area (Å²) in [5.41, 5.74) is 1.06. The predicted molar refractivity (Wildman–Crippen MR) is 71.7 cm³/mol. The first kappa shape index (κ1) is 12.9. The molecule has 1 aliphatic carbocycles. The zero-order chi connectivity index (χ0) is 12.5. The Balaban J connectivity index is 2.16. The van der Waals surface area contributed by atoms with E-state index >= 15 is 0 Å². The van der Waals surface area contributed by atoms with Crippen molar-refractivity contribution < 1.29 is 0 Å². The Morgan fingerprint density at radius 1 is 1.29 bits per heavy atom. The first-order valence-electron chi connectivity index (χ1n) is 5.94. The van der Waals surface area contributed by atoms with Gasteiger partial charge >= 0.3 is 0 Å². The maximum Gasteiger partial charge on any atom is 0.174 e. The van der Waals surface area contributed by atoms with Gasteiger partial charge in [-0.3, -0.25) is 0 Å². The summed E-state index contributed by atoms with van der Waals surface area (Å²) in [5, 5.41) is 11.7. The minimum Gasteiger partial charge on any atom is -0.379 e. The molecular weight excluding hydrogens is 257 g/mol. The highest BCUT2D eigenvalue weighted by molar-refractivity contribution is 6.33. The lowest BCUT2D eigenvalue weighted by molar-refractivity contribution is 0.217. The lowest BCUT2D eigenvalue weighted by Gasteiger charge is -2.39. The van der Waals surface area contributed by atoms with Gasteiger partial charge in [-0.25, -0.2) is 0 Å². The standard InChI is InChI=1S/C12H17Cl2N3/c1-12(2)6-4-3-5-9(12)15-8-7-10(13)16-17-11(8)14/h7,9H,3-6H2,1-2H3,(H,15,16). The van der Waals surface area contributed by atoms with Crippen molar-refractivity contribution >= 4 is 28.9 Å². The Bertz CT molecular complexity index is 407. The number of nitrogens with one attached hydrogen (secondary N) is 1. The van der Waals surface area contributed by atoms with Crippen LogP contribution in [0.4, 0.5) is 5.69 Å². The molecule has 3 nitrogen and oxygen atoms in total. The highest BCUT2D eigenvalue weighted by Crippen LogP contribution is 2.38. The van der Waals surface area contributed by atoms with Gasteiger partial charge in [0.05, 0.1) is 5.69 Å². The Hall–Kier alpha value is -0.540. The number of hydrogen-bond acceptors (Lipinski definition) is 3. The van der Waals surface area contributed by atoms with E-state index in [0.717, 1.165) is 12.1 Å². The zero-order valence-corrected chi connectivity index (χ0v) is 11.6. The molecule has 5 heteroatoms. The highest BCUT2D eigenvalue weighted by Gasteiger charge is 2.32. The molecular formula is C12H17Cl2N3. The molecule has 0 radical (unpaired) electrons. The maximum atomic E-state index is 6.01. The molecule has 0 saturated heterocycles. The Labute approximate surface area is 112 Å². The van der Waals surface area contributed by atoms with Gasteiger partial charge in [0.2, 0.25) is 0 Å². The summed E-state index contributed by atoms with van der Waals surface area (Å²) < 4.78 is 0. The van der Waals surface area contributed by atoms with E-state index in [1.807, 2.05) is 0 Å². The van der Waals surface area contributed by atoms with Crippen LogP contribution in [0.25, 0.3) is 0 Å². The molecule has 0 spiro atoms. The van der Waals surface area contributed by atoms with Crippen LogP contribution >= 0.6 is 23.2 Å². The Kier molecular flexibility index (Phi) is 3.79. The van der Waals surface area contributed by atoms with Crippen LogP contribution in [0, 0.1) is 5.41 Å². The number of anilines is 1. The average Bonchev–Trinajstić information content (AvgIpc) is 2.26. The SMILES string of the molecule is CC1(C)CCCCC1Nc1cc(Cl)nnc1Cl. The normalized spacial score (nSPS) is 23.4. The second kappa shape index (κ2) is 4.99. The molecule has 1 atom stereocenters. The number of rotatable bonds is 2. The van der Waals surface area contributed by atoms with Gasteiger partial charge in [-0.2, -0.15) is 0 Å². The van der Waals surface area contributed by atoms with Crippen molar-refractivity contribution in [2.75, 3.05) is 5.32 Å². The summed E-state index contributed by atoms with van der Waals surface area (Å²) in [5.74, 6) is 0. The molecule has 1 aromatic heterocycles. The van der Waals surface area contributed by atoms with Crippen molar-refractivity contribution in [3.63, 3.8) is 0 Å². The van der Waals surface area contributed by atoms with Crippen LogP contribution in [0.5, 0.6) is 0 Å². The lowest BCUT2D eigenvalue weighted by atomic mass is 9.73. The van der Waals surface area contributed by atoms with Crippen molar-refractivity contribution in [3.05, 3.63) is 16.4 Å². The van der Waals surface area contributed by atoms with Crippen LogP contribution in [0.15, 0.2) is 6.07 Å². The van der Waals surface area contributed by atoms with E-state index in [0.29, 0.717) is 16.3 Å². The summed E-state index contributed by atoms with van der Waals surface area (Å²) in [6.07, 6.45) is 4.94. The zero-order valence-electron chi connectivity index (χ0n) is 10.1. The molecule has 0 amide bonds. The third-order valence-electron chi connectivity index (χ3n) is 3.56. The predicted octanol–water partition coefficient (Wildman–Crippen LogP) is 4.16. The van der Waals surface area contributed by atoms with Gasteiger partial charge in [0.15, 0.2) is 10.3 Å². The Morgan fingerprint density at radius 2 is 2.06 bits per heavy atom. The fraction of sp³-hybridized carbons (Fsp3) is 0.667. The van der Waals surface area contributed by atoms with Gasteiger partial charge in [0.25, 0.3) is 0 Å². The third kappa shape index (κ3) is 3.02. The molecule has 2 rings (SSSR count). The quantitative estimate of drug-likeness (QED) is 0.879. The van der Waals surface area contributed by atoms with Crippen LogP contribution in [0.2, 0.25) is 10.3 Å². The van der Waals surface area contributed by atoms with Crippen molar-refractivity contribution in [2.24, 2.45) is 5.41 Å². The lowest BCUT2D eigenvalue weighted by Crippen LogP contribution is -2.39. The fourth-order valence-electron chi connectivity index (χ4n) is 2.40. The number of halogens is 2. The van der Waals surface area contributed by atoms with Gasteiger partial charge in [-0.05, 0) is 18.3 Å². The third-order valence-corrected chi connectivity index (χ3v) is 4.02. The largest absolute Gasteiger partial charge is 0.379 e. The van der Waals surface area contributed by atoms with E-state index < -0.39 is 0 Å². The van der Waals surface area contributed by atoms with Gasteiger partial charge in [0.1, 0.15) is 0 Å². The van der Waals surface area contributed by atoms with E-state index in [9.17, 15) is 0 Å². The van der Waals surface area contributed by atoms with Crippen LogP contribution in [-0.2, 0) is 0 Å². The van der Waals surface area contributed by atoms with E-state index in [-0.39, 0.29) is 5.41 Å². The average molecular weight is 274 g/mol. The molecule has 1 unspecified atom stereocenters. The van der Waals surface area contributed by atoms with E-state index in [1.165, 1.54) is 19.3 Å². The number of hydrogen-bond donors (Lipinski definition) is 1. The van der Waals surface area contributed by atoms with Crippen LogP contribution in [-0.4, -0.2) is 16.2 Å². The van der Waals surface area contributed by atoms with Crippen molar-refractivity contribution in [1.29, 1.82) is 0 Å². The minimum absolute atomic E-state index is 0.275. The van der Waals surface area contributed by atoms with E-state index in [2.05, 4.69) is 29.4 Å². The topological polar surface area (TPSA) is 37.8 Å². The van der Waals surface area contributed by atoms with Crippen molar-refractivity contribution in [3.8, 4) is 0 Å². The van der Waals surface area contributed by atoms with Gasteiger partial charge in [-0.15, -0.1) is 10.2 Å². The highest BCUT2D eigenvalue weighted by atomic mass is 35.5. The molecule has 1 N–H and O–H groups in total. The number of nitrogens with zero attached hydrogens (tertiary/aromatic N) is 2. The molecule has 0 aliphatic heterocycles. The van der Waals surface area contributed by atoms with Crippen molar-refractivity contribution in [2.45, 2.75) is 45.6 Å². The molecule has 1 aromatic rings. The molecule has 94 valence electrons. The Morgan fingerprint density at radius 3 is 2.76 bits per heavy atom. The molecule has 0 bridgehead atoms. The summed E-state index contributed by atoms with van der Waals surface area (Å²) in [6, 6.07) is 2.15.